The van der Waals surface area contributed by atoms with Gasteiger partial charge in [0.25, 0.3) is 0 Å². The largest absolute Gasteiger partial charge is 0.431 e. The highest BCUT2D eigenvalue weighted by molar-refractivity contribution is 6.33. The number of rotatable bonds is 4. The molecule has 4 heterocycles. The van der Waals surface area contributed by atoms with E-state index in [1.165, 1.54) is 0 Å². The normalized spacial score (nSPS) is 36.1. The summed E-state index contributed by atoms with van der Waals surface area (Å²) in [5.74, 6) is -2.49. The molecular weight excluding hydrogens is 435 g/mol. The van der Waals surface area contributed by atoms with Crippen molar-refractivity contribution >= 4 is 47.7 Å². The summed E-state index contributed by atoms with van der Waals surface area (Å²) in [5.41, 5.74) is -2.50. The summed E-state index contributed by atoms with van der Waals surface area (Å²) in [6.07, 6.45) is 4.12. The second-order valence-electron chi connectivity index (χ2n) is 8.24. The zero-order valence-corrected chi connectivity index (χ0v) is 18.2. The average molecular weight is 457 g/mol. The number of carbonyl (C=O) groups excluding carboxylic acids is 4. The minimum absolute atomic E-state index is 0.00656. The molecule has 4 rings (SSSR count). The van der Waals surface area contributed by atoms with Gasteiger partial charge in [0.1, 0.15) is 0 Å². The molecule has 0 aromatic carbocycles. The van der Waals surface area contributed by atoms with Gasteiger partial charge in [0.2, 0.25) is 0 Å². The van der Waals surface area contributed by atoms with Crippen LogP contribution in [0, 0.1) is 0 Å². The highest BCUT2D eigenvalue weighted by atomic mass is 35.5. The lowest BCUT2D eigenvalue weighted by Crippen LogP contribution is -2.56. The Balaban J connectivity index is 1.60. The molecule has 8 nitrogen and oxygen atoms in total. The number of hydrogen-bond donors (Lipinski definition) is 0. The zero-order valence-electron chi connectivity index (χ0n) is 16.7. The Morgan fingerprint density at radius 1 is 0.867 bits per heavy atom. The third kappa shape index (κ3) is 2.88. The molecule has 4 aliphatic rings. The fourth-order valence-corrected chi connectivity index (χ4v) is 6.04. The maximum Gasteiger partial charge on any atom is 0.419 e. The van der Waals surface area contributed by atoms with E-state index in [1.807, 2.05) is 0 Å². The van der Waals surface area contributed by atoms with Crippen LogP contribution < -0.4 is 0 Å². The number of likely N-dealkylation sites (N-methyl/N-ethyl adjacent to an activating group) is 2. The molecule has 0 amide bonds. The summed E-state index contributed by atoms with van der Waals surface area (Å²) in [7, 11) is 3.45. The van der Waals surface area contributed by atoms with Gasteiger partial charge in [-0.25, -0.2) is 9.59 Å². The van der Waals surface area contributed by atoms with Crippen LogP contribution >= 0.6 is 23.2 Å². The van der Waals surface area contributed by atoms with Crippen molar-refractivity contribution in [3.05, 3.63) is 21.2 Å². The molecule has 0 aliphatic carbocycles. The predicted octanol–water partition coefficient (Wildman–Crippen LogP) is 1.84. The standard InChI is InChI=1S/C20H22Cl2N2O6/c1-23-11-3-5-19(23,13(9-25)15(21)7-11)29-17(27)18(28)30-20-6-4-12(24(20)2)8-16(22)14(20)10-26/h9-12H,3-8H2,1-2H3. The van der Waals surface area contributed by atoms with Gasteiger partial charge in [-0.1, -0.05) is 23.2 Å². The number of fused-ring (bicyclic) bond motifs is 4. The fraction of sp³-hybridized carbons (Fsp3) is 0.600. The Morgan fingerprint density at radius 3 is 1.57 bits per heavy atom. The van der Waals surface area contributed by atoms with Gasteiger partial charge in [-0.15, -0.1) is 0 Å². The lowest BCUT2D eigenvalue weighted by Gasteiger charge is -2.42. The molecule has 4 bridgehead atoms. The van der Waals surface area contributed by atoms with Crippen molar-refractivity contribution in [3.8, 4) is 0 Å². The van der Waals surface area contributed by atoms with Crippen LogP contribution in [0.2, 0.25) is 0 Å². The monoisotopic (exact) mass is 456 g/mol. The van der Waals surface area contributed by atoms with Crippen LogP contribution in [0.15, 0.2) is 21.2 Å². The lowest BCUT2D eigenvalue weighted by atomic mass is 9.98. The van der Waals surface area contributed by atoms with Gasteiger partial charge in [-0.2, -0.15) is 0 Å². The van der Waals surface area contributed by atoms with Gasteiger partial charge in [0.05, 0.1) is 11.1 Å². The number of nitrogens with zero attached hydrogens (tertiary/aromatic N) is 2. The van der Waals surface area contributed by atoms with Crippen LogP contribution in [-0.4, -0.2) is 71.9 Å². The molecule has 0 N–H and O–H groups in total. The SMILES string of the molecule is CN1C2CCC1(OC(=O)C(=O)OC13CCC(CC(Cl)=C1C=O)N3C)C(C=O)=C(Cl)C2. The topological polar surface area (TPSA) is 93.2 Å². The van der Waals surface area contributed by atoms with Gasteiger partial charge in [-0.3, -0.25) is 19.4 Å². The van der Waals surface area contributed by atoms with Crippen LogP contribution in [0.5, 0.6) is 0 Å². The minimum atomic E-state index is -1.40. The van der Waals surface area contributed by atoms with E-state index in [-0.39, 0.29) is 23.2 Å². The van der Waals surface area contributed by atoms with E-state index in [1.54, 1.807) is 23.9 Å². The van der Waals surface area contributed by atoms with Crippen molar-refractivity contribution in [3.63, 3.8) is 0 Å². The minimum Gasteiger partial charge on any atom is -0.431 e. The lowest BCUT2D eigenvalue weighted by molar-refractivity contribution is -0.198. The smallest absolute Gasteiger partial charge is 0.419 e. The molecule has 4 atom stereocenters. The molecular formula is C20H22Cl2N2O6. The summed E-state index contributed by atoms with van der Waals surface area (Å²) in [6.45, 7) is 0. The number of hydrogen-bond acceptors (Lipinski definition) is 8. The molecule has 0 aromatic rings. The quantitative estimate of drug-likeness (QED) is 0.359. The number of halogens is 2. The van der Waals surface area contributed by atoms with Crippen LogP contribution in [-0.2, 0) is 28.7 Å². The first-order valence-electron chi connectivity index (χ1n) is 9.81. The van der Waals surface area contributed by atoms with E-state index < -0.39 is 23.4 Å². The maximum absolute atomic E-state index is 12.8. The third-order valence-electron chi connectivity index (χ3n) is 7.05. The highest BCUT2D eigenvalue weighted by Crippen LogP contribution is 2.49. The Morgan fingerprint density at radius 2 is 1.23 bits per heavy atom. The number of ether oxygens (including phenoxy) is 2. The summed E-state index contributed by atoms with van der Waals surface area (Å²) >= 11 is 12.5. The predicted molar refractivity (Wildman–Crippen MR) is 106 cm³/mol. The van der Waals surface area contributed by atoms with Gasteiger partial charge in [0.15, 0.2) is 24.0 Å². The number of esters is 2. The Hall–Kier alpha value is -1.74. The van der Waals surface area contributed by atoms with E-state index in [0.29, 0.717) is 61.2 Å². The summed E-state index contributed by atoms with van der Waals surface area (Å²) in [6, 6.07) is 0.0131. The highest BCUT2D eigenvalue weighted by Gasteiger charge is 2.57. The van der Waals surface area contributed by atoms with Crippen LogP contribution in [0.1, 0.15) is 38.5 Å². The molecule has 4 unspecified atom stereocenters. The molecule has 0 radical (unpaired) electrons. The van der Waals surface area contributed by atoms with E-state index in [4.69, 9.17) is 32.7 Å². The first kappa shape index (κ1) is 21.5. The summed E-state index contributed by atoms with van der Waals surface area (Å²) in [4.78, 5) is 52.5. The Bertz CT molecular complexity index is 830. The summed E-state index contributed by atoms with van der Waals surface area (Å²) < 4.78 is 11.2. The van der Waals surface area contributed by atoms with Gasteiger partial charge in [-0.05, 0) is 39.8 Å². The molecule has 2 saturated heterocycles. The molecule has 0 saturated carbocycles. The number of aldehydes is 2. The molecule has 4 aliphatic heterocycles. The Kier molecular flexibility index (Phi) is 5.33. The maximum atomic E-state index is 12.8. The fourth-order valence-electron chi connectivity index (χ4n) is 5.30. The van der Waals surface area contributed by atoms with Crippen molar-refractivity contribution < 1.29 is 28.7 Å². The Labute approximate surface area is 183 Å². The van der Waals surface area contributed by atoms with Crippen LogP contribution in [0.25, 0.3) is 0 Å². The van der Waals surface area contributed by atoms with E-state index >= 15 is 0 Å². The molecule has 10 heteroatoms. The van der Waals surface area contributed by atoms with Gasteiger partial charge < -0.3 is 9.47 Å². The van der Waals surface area contributed by atoms with E-state index in [2.05, 4.69) is 0 Å². The van der Waals surface area contributed by atoms with Crippen molar-refractivity contribution in [1.82, 2.24) is 9.80 Å². The first-order chi connectivity index (χ1) is 14.2. The second kappa shape index (κ2) is 7.44. The van der Waals surface area contributed by atoms with Gasteiger partial charge >= 0.3 is 11.9 Å². The molecule has 30 heavy (non-hydrogen) atoms. The zero-order chi connectivity index (χ0) is 21.8. The summed E-state index contributed by atoms with van der Waals surface area (Å²) in [5, 5.41) is 0.655. The molecule has 0 spiro atoms. The van der Waals surface area contributed by atoms with Crippen molar-refractivity contribution in [2.24, 2.45) is 0 Å². The van der Waals surface area contributed by atoms with Gasteiger partial charge in [0, 0.05) is 35.0 Å². The molecule has 2 fully saturated rings. The molecule has 0 aromatic heterocycles. The van der Waals surface area contributed by atoms with Crippen molar-refractivity contribution in [2.45, 2.75) is 62.1 Å². The number of carbonyl (C=O) groups is 4. The first-order valence-corrected chi connectivity index (χ1v) is 10.6. The van der Waals surface area contributed by atoms with Crippen molar-refractivity contribution in [1.29, 1.82) is 0 Å². The van der Waals surface area contributed by atoms with Crippen LogP contribution in [0.3, 0.4) is 0 Å². The van der Waals surface area contributed by atoms with E-state index in [9.17, 15) is 19.2 Å². The second-order valence-corrected chi connectivity index (χ2v) is 9.15. The average Bonchev–Trinajstić information content (AvgIpc) is 3.04. The van der Waals surface area contributed by atoms with E-state index in [0.717, 1.165) is 0 Å². The molecule has 162 valence electrons. The van der Waals surface area contributed by atoms with Crippen LogP contribution in [0.4, 0.5) is 0 Å². The third-order valence-corrected chi connectivity index (χ3v) is 7.76. The van der Waals surface area contributed by atoms with Crippen molar-refractivity contribution in [2.75, 3.05) is 14.1 Å².